The lowest BCUT2D eigenvalue weighted by atomic mass is 9.88. The molecule has 1 atom stereocenters. The van der Waals surface area contributed by atoms with Crippen molar-refractivity contribution in [3.05, 3.63) is 16.0 Å². The van der Waals surface area contributed by atoms with Crippen molar-refractivity contribution in [3.8, 4) is 0 Å². The number of carbonyl (C=O) groups excluding carboxylic acids is 1. The fourth-order valence-electron chi connectivity index (χ4n) is 2.61. The second kappa shape index (κ2) is 5.95. The van der Waals surface area contributed by atoms with E-state index in [9.17, 15) is 14.7 Å². The van der Waals surface area contributed by atoms with Crippen LogP contribution in [0, 0.1) is 11.8 Å². The molecule has 1 aromatic heterocycles. The van der Waals surface area contributed by atoms with Crippen molar-refractivity contribution in [3.63, 3.8) is 0 Å². The summed E-state index contributed by atoms with van der Waals surface area (Å²) in [5, 5.41) is 12.7. The topological polar surface area (TPSA) is 66.4 Å². The highest BCUT2D eigenvalue weighted by Crippen LogP contribution is 2.39. The highest BCUT2D eigenvalue weighted by Gasteiger charge is 2.28. The first-order chi connectivity index (χ1) is 9.38. The number of hydrogen-bond acceptors (Lipinski definition) is 3. The third kappa shape index (κ3) is 3.20. The lowest BCUT2D eigenvalue weighted by Crippen LogP contribution is -2.16. The van der Waals surface area contributed by atoms with E-state index in [0.717, 1.165) is 29.7 Å². The molecule has 5 heteroatoms. The minimum atomic E-state index is -0.933. The van der Waals surface area contributed by atoms with Gasteiger partial charge in [-0.05, 0) is 36.7 Å². The molecule has 1 aromatic rings. The van der Waals surface area contributed by atoms with E-state index in [1.165, 1.54) is 11.3 Å². The number of carboxylic acids is 1. The lowest BCUT2D eigenvalue weighted by molar-refractivity contribution is -0.116. The van der Waals surface area contributed by atoms with Crippen LogP contribution in [-0.4, -0.2) is 17.0 Å². The SMILES string of the molecule is CC(C)CC(=O)Nc1sc2c(c1C(=O)O)CCC(C)C2. The summed E-state index contributed by atoms with van der Waals surface area (Å²) in [5.74, 6) is -0.189. The largest absolute Gasteiger partial charge is 0.478 e. The van der Waals surface area contributed by atoms with Gasteiger partial charge in [0, 0.05) is 11.3 Å². The van der Waals surface area contributed by atoms with Crippen LogP contribution in [0.1, 0.15) is 54.4 Å². The van der Waals surface area contributed by atoms with Crippen LogP contribution < -0.4 is 5.32 Å². The lowest BCUT2D eigenvalue weighted by Gasteiger charge is -2.17. The summed E-state index contributed by atoms with van der Waals surface area (Å²) in [6.07, 6.45) is 3.15. The first-order valence-corrected chi connectivity index (χ1v) is 7.87. The first-order valence-electron chi connectivity index (χ1n) is 7.06. The van der Waals surface area contributed by atoms with E-state index in [-0.39, 0.29) is 11.8 Å². The number of rotatable bonds is 4. The summed E-state index contributed by atoms with van der Waals surface area (Å²) < 4.78 is 0. The van der Waals surface area contributed by atoms with Gasteiger partial charge in [-0.15, -0.1) is 11.3 Å². The number of nitrogens with one attached hydrogen (secondary N) is 1. The molecular formula is C15H21NO3S. The Morgan fingerprint density at radius 1 is 1.45 bits per heavy atom. The third-order valence-electron chi connectivity index (χ3n) is 3.57. The Morgan fingerprint density at radius 3 is 2.75 bits per heavy atom. The minimum Gasteiger partial charge on any atom is -0.478 e. The molecule has 0 aromatic carbocycles. The summed E-state index contributed by atoms with van der Waals surface area (Å²) in [5.41, 5.74) is 1.24. The van der Waals surface area contributed by atoms with Crippen molar-refractivity contribution in [2.45, 2.75) is 46.5 Å². The van der Waals surface area contributed by atoms with Crippen LogP contribution in [0.5, 0.6) is 0 Å². The standard InChI is InChI=1S/C15H21NO3S/c1-8(2)6-12(17)16-14-13(15(18)19)10-5-4-9(3)7-11(10)20-14/h8-9H,4-7H2,1-3H3,(H,16,17)(H,18,19). The molecule has 1 heterocycles. The zero-order valence-corrected chi connectivity index (χ0v) is 13.0. The van der Waals surface area contributed by atoms with Gasteiger partial charge >= 0.3 is 5.97 Å². The van der Waals surface area contributed by atoms with Gasteiger partial charge in [-0.2, -0.15) is 0 Å². The molecule has 0 bridgehead atoms. The maximum Gasteiger partial charge on any atom is 0.339 e. The van der Waals surface area contributed by atoms with Crippen LogP contribution in [-0.2, 0) is 17.6 Å². The van der Waals surface area contributed by atoms with Crippen molar-refractivity contribution in [2.75, 3.05) is 5.32 Å². The molecule has 20 heavy (non-hydrogen) atoms. The summed E-state index contributed by atoms with van der Waals surface area (Å²) in [4.78, 5) is 24.5. The maximum absolute atomic E-state index is 11.9. The van der Waals surface area contributed by atoms with Gasteiger partial charge in [0.15, 0.2) is 0 Å². The number of fused-ring (bicyclic) bond motifs is 1. The number of hydrogen-bond donors (Lipinski definition) is 2. The zero-order valence-electron chi connectivity index (χ0n) is 12.2. The van der Waals surface area contributed by atoms with E-state index in [0.29, 0.717) is 22.9 Å². The van der Waals surface area contributed by atoms with Gasteiger partial charge in [0.1, 0.15) is 5.00 Å². The van der Waals surface area contributed by atoms with Gasteiger partial charge in [0.05, 0.1) is 5.56 Å². The normalized spacial score (nSPS) is 17.9. The average molecular weight is 295 g/mol. The maximum atomic E-state index is 11.9. The van der Waals surface area contributed by atoms with Crippen molar-refractivity contribution in [2.24, 2.45) is 11.8 Å². The third-order valence-corrected chi connectivity index (χ3v) is 4.74. The predicted molar refractivity (Wildman–Crippen MR) is 80.6 cm³/mol. The summed E-state index contributed by atoms with van der Waals surface area (Å²) in [7, 11) is 0. The Hall–Kier alpha value is -1.36. The molecule has 110 valence electrons. The monoisotopic (exact) mass is 295 g/mol. The number of thiophene rings is 1. The Morgan fingerprint density at radius 2 is 2.15 bits per heavy atom. The van der Waals surface area contributed by atoms with Gasteiger partial charge in [0.25, 0.3) is 0 Å². The second-order valence-electron chi connectivity index (χ2n) is 6.01. The molecule has 0 radical (unpaired) electrons. The van der Waals surface area contributed by atoms with E-state index >= 15 is 0 Å². The van der Waals surface area contributed by atoms with E-state index in [1.807, 2.05) is 13.8 Å². The van der Waals surface area contributed by atoms with Crippen LogP contribution in [0.2, 0.25) is 0 Å². The Kier molecular flexibility index (Phi) is 4.48. The van der Waals surface area contributed by atoms with Gasteiger partial charge in [-0.3, -0.25) is 4.79 Å². The van der Waals surface area contributed by atoms with E-state index in [4.69, 9.17) is 0 Å². The van der Waals surface area contributed by atoms with E-state index < -0.39 is 5.97 Å². The van der Waals surface area contributed by atoms with Gasteiger partial charge in [0.2, 0.25) is 5.91 Å². The highest BCUT2D eigenvalue weighted by molar-refractivity contribution is 7.17. The fourth-order valence-corrected chi connectivity index (χ4v) is 4.03. The van der Waals surface area contributed by atoms with Gasteiger partial charge in [-0.25, -0.2) is 4.79 Å². The van der Waals surface area contributed by atoms with Crippen molar-refractivity contribution >= 4 is 28.2 Å². The summed E-state index contributed by atoms with van der Waals surface area (Å²) in [6, 6.07) is 0. The van der Waals surface area contributed by atoms with Crippen LogP contribution in [0.4, 0.5) is 5.00 Å². The van der Waals surface area contributed by atoms with Crippen LogP contribution in [0.15, 0.2) is 0 Å². The number of carbonyl (C=O) groups is 2. The molecule has 0 spiro atoms. The molecule has 1 unspecified atom stereocenters. The van der Waals surface area contributed by atoms with Crippen molar-refractivity contribution in [1.82, 2.24) is 0 Å². The molecule has 0 saturated carbocycles. The van der Waals surface area contributed by atoms with E-state index in [2.05, 4.69) is 12.2 Å². The smallest absolute Gasteiger partial charge is 0.339 e. The first kappa shape index (κ1) is 15.0. The number of carboxylic acid groups (broad SMARTS) is 1. The Labute approximate surface area is 123 Å². The van der Waals surface area contributed by atoms with Crippen molar-refractivity contribution < 1.29 is 14.7 Å². The average Bonchev–Trinajstić information content (AvgIpc) is 2.64. The predicted octanol–water partition coefficient (Wildman–Crippen LogP) is 3.56. The second-order valence-corrected chi connectivity index (χ2v) is 7.11. The van der Waals surface area contributed by atoms with Crippen LogP contribution in [0.3, 0.4) is 0 Å². The summed E-state index contributed by atoms with van der Waals surface area (Å²) in [6.45, 7) is 6.12. The molecule has 4 nitrogen and oxygen atoms in total. The van der Waals surface area contributed by atoms with Crippen molar-refractivity contribution in [1.29, 1.82) is 0 Å². The number of amides is 1. The summed E-state index contributed by atoms with van der Waals surface area (Å²) >= 11 is 1.44. The van der Waals surface area contributed by atoms with Gasteiger partial charge < -0.3 is 10.4 Å². The number of aromatic carboxylic acids is 1. The minimum absolute atomic E-state index is 0.103. The molecule has 2 N–H and O–H groups in total. The van der Waals surface area contributed by atoms with Crippen LogP contribution >= 0.6 is 11.3 Å². The van der Waals surface area contributed by atoms with E-state index in [1.54, 1.807) is 0 Å². The molecule has 1 amide bonds. The highest BCUT2D eigenvalue weighted by atomic mass is 32.1. The Balaban J connectivity index is 2.28. The molecular weight excluding hydrogens is 274 g/mol. The Bertz CT molecular complexity index is 533. The fraction of sp³-hybridized carbons (Fsp3) is 0.600. The molecule has 0 aliphatic heterocycles. The molecule has 0 saturated heterocycles. The quantitative estimate of drug-likeness (QED) is 0.892. The zero-order chi connectivity index (χ0) is 14.9. The number of anilines is 1. The molecule has 0 fully saturated rings. The van der Waals surface area contributed by atoms with Gasteiger partial charge in [-0.1, -0.05) is 20.8 Å². The molecule has 2 rings (SSSR count). The van der Waals surface area contributed by atoms with Crippen LogP contribution in [0.25, 0.3) is 0 Å². The molecule has 1 aliphatic rings. The molecule has 1 aliphatic carbocycles.